The highest BCUT2D eigenvalue weighted by atomic mass is 127. The van der Waals surface area contributed by atoms with Gasteiger partial charge in [0.15, 0.2) is 0 Å². The van der Waals surface area contributed by atoms with E-state index in [4.69, 9.17) is 0 Å². The third-order valence-corrected chi connectivity index (χ3v) is 2.48. The van der Waals surface area contributed by atoms with Crippen molar-refractivity contribution in [1.29, 1.82) is 0 Å². The Labute approximate surface area is 128 Å². The maximum atomic E-state index is 13.5. The summed E-state index contributed by atoms with van der Waals surface area (Å²) in [7, 11) is 9.92. The number of carbonyl (C=O) groups is 1. The first-order valence-electron chi connectivity index (χ1n) is 6.06. The van der Waals surface area contributed by atoms with Crippen LogP contribution in [0, 0.1) is 5.92 Å². The van der Waals surface area contributed by atoms with Gasteiger partial charge in [0.1, 0.15) is 0 Å². The van der Waals surface area contributed by atoms with Crippen molar-refractivity contribution in [3.63, 3.8) is 0 Å². The van der Waals surface area contributed by atoms with Gasteiger partial charge in [0, 0.05) is 13.0 Å². The maximum Gasteiger partial charge on any atom is 0.254 e. The minimum Gasteiger partial charge on any atom is -1.00 e. The fourth-order valence-corrected chi connectivity index (χ4v) is 1.66. The van der Waals surface area contributed by atoms with Gasteiger partial charge in [-0.05, 0) is 14.1 Å². The van der Waals surface area contributed by atoms with Crippen molar-refractivity contribution in [2.24, 2.45) is 5.92 Å². The van der Waals surface area contributed by atoms with Crippen molar-refractivity contribution in [2.45, 2.75) is 13.3 Å². The summed E-state index contributed by atoms with van der Waals surface area (Å²) in [6.07, 6.45) is 0.681. The predicted molar refractivity (Wildman–Crippen MR) is 68.1 cm³/mol. The molecule has 0 aliphatic rings. The molecule has 1 atom stereocenters. The Kier molecular flexibility index (Phi) is 10.2. The fraction of sp³-hybridized carbons (Fsp3) is 0.917. The van der Waals surface area contributed by atoms with Crippen LogP contribution in [-0.2, 0) is 4.79 Å². The van der Waals surface area contributed by atoms with Gasteiger partial charge in [-0.25, -0.2) is 0 Å². The predicted octanol–water partition coefficient (Wildman–Crippen LogP) is -2.00. The molecule has 0 aromatic heterocycles. The number of quaternary nitrogens is 1. The average molecular weight is 375 g/mol. The molecular formula is C12H27FIN3O. The van der Waals surface area contributed by atoms with Gasteiger partial charge in [-0.1, -0.05) is 11.4 Å². The minimum atomic E-state index is -0.417. The highest BCUT2D eigenvalue weighted by Crippen LogP contribution is 2.06. The number of carbonyl (C=O) groups excluding carboxylic acids is 1. The maximum absolute atomic E-state index is 13.5. The van der Waals surface area contributed by atoms with Crippen LogP contribution in [0.25, 0.3) is 0 Å². The molecule has 0 aliphatic heterocycles. The van der Waals surface area contributed by atoms with E-state index in [2.05, 4.69) is 21.1 Å². The van der Waals surface area contributed by atoms with Gasteiger partial charge < -0.3 is 33.4 Å². The lowest BCUT2D eigenvalue weighted by molar-refractivity contribution is -0.870. The molecule has 0 spiro atoms. The van der Waals surface area contributed by atoms with E-state index >= 15 is 0 Å². The number of nitrogens with zero attached hydrogens (tertiary/aromatic N) is 3. The summed E-state index contributed by atoms with van der Waals surface area (Å²) in [5.41, 5.74) is 0. The van der Waals surface area contributed by atoms with Crippen molar-refractivity contribution < 1.29 is 37.7 Å². The van der Waals surface area contributed by atoms with E-state index in [1.165, 1.54) is 0 Å². The van der Waals surface area contributed by atoms with Crippen LogP contribution in [-0.4, -0.2) is 75.3 Å². The SMILES string of the molecule is CC(CN(C)C)C(=O)N(F)CCC[N+](C)(C)C.[I-]. The number of rotatable bonds is 7. The molecule has 18 heavy (non-hydrogen) atoms. The molecule has 0 aliphatic carbocycles. The molecule has 0 N–H and O–H groups in total. The molecule has 6 heteroatoms. The van der Waals surface area contributed by atoms with Gasteiger partial charge in [0.25, 0.3) is 5.91 Å². The minimum absolute atomic E-state index is 0. The van der Waals surface area contributed by atoms with Crippen molar-refractivity contribution in [2.75, 3.05) is 54.9 Å². The Balaban J connectivity index is 0. The summed E-state index contributed by atoms with van der Waals surface area (Å²) in [5, 5.41) is 0.365. The van der Waals surface area contributed by atoms with Crippen LogP contribution >= 0.6 is 0 Å². The smallest absolute Gasteiger partial charge is 0.254 e. The lowest BCUT2D eigenvalue weighted by Gasteiger charge is -2.25. The number of hydrogen-bond donors (Lipinski definition) is 0. The largest absolute Gasteiger partial charge is 1.00 e. The third-order valence-electron chi connectivity index (χ3n) is 2.48. The second-order valence-corrected chi connectivity index (χ2v) is 5.95. The van der Waals surface area contributed by atoms with E-state index in [1.807, 2.05) is 19.0 Å². The molecule has 0 aromatic carbocycles. The first-order valence-corrected chi connectivity index (χ1v) is 6.06. The quantitative estimate of drug-likeness (QED) is 0.292. The Morgan fingerprint density at radius 1 is 1.28 bits per heavy atom. The zero-order valence-electron chi connectivity index (χ0n) is 12.4. The van der Waals surface area contributed by atoms with Crippen LogP contribution in [0.2, 0.25) is 0 Å². The molecule has 0 bridgehead atoms. The average Bonchev–Trinajstić information content (AvgIpc) is 2.13. The van der Waals surface area contributed by atoms with Crippen LogP contribution in [0.15, 0.2) is 0 Å². The standard InChI is InChI=1S/C12H27FN3O.HI/c1-11(10-14(2)3)12(17)15(13)8-7-9-16(4,5)6;/h11H,7-10H2,1-6H3;1H/q+1;/p-1. The molecule has 0 radical (unpaired) electrons. The van der Waals surface area contributed by atoms with Crippen LogP contribution in [0.4, 0.5) is 4.48 Å². The van der Waals surface area contributed by atoms with Gasteiger partial charge in [0.05, 0.1) is 40.2 Å². The van der Waals surface area contributed by atoms with Crippen LogP contribution in [0.3, 0.4) is 0 Å². The number of amides is 1. The van der Waals surface area contributed by atoms with Crippen molar-refractivity contribution in [3.05, 3.63) is 0 Å². The monoisotopic (exact) mass is 375 g/mol. The van der Waals surface area contributed by atoms with E-state index in [0.717, 1.165) is 11.0 Å². The van der Waals surface area contributed by atoms with E-state index in [-0.39, 0.29) is 36.4 Å². The molecule has 0 saturated carbocycles. The topological polar surface area (TPSA) is 23.6 Å². The highest BCUT2D eigenvalue weighted by Gasteiger charge is 2.21. The molecule has 110 valence electrons. The summed E-state index contributed by atoms with van der Waals surface area (Å²) in [6.45, 7) is 3.38. The lowest BCUT2D eigenvalue weighted by Crippen LogP contribution is -3.00. The fourth-order valence-electron chi connectivity index (χ4n) is 1.66. The normalized spacial score (nSPS) is 13.1. The first kappa shape index (κ1) is 20.4. The molecule has 0 fully saturated rings. The lowest BCUT2D eigenvalue weighted by atomic mass is 10.1. The number of halogens is 2. The van der Waals surface area contributed by atoms with Gasteiger partial charge in [-0.3, -0.25) is 4.79 Å². The Morgan fingerprint density at radius 3 is 2.17 bits per heavy atom. The first-order chi connectivity index (χ1) is 7.63. The summed E-state index contributed by atoms with van der Waals surface area (Å²) < 4.78 is 14.3. The van der Waals surface area contributed by atoms with E-state index in [0.29, 0.717) is 18.1 Å². The third kappa shape index (κ3) is 10.0. The summed E-state index contributed by atoms with van der Waals surface area (Å²) in [5.74, 6) is -0.709. The summed E-state index contributed by atoms with van der Waals surface area (Å²) in [6, 6.07) is 0. The van der Waals surface area contributed by atoms with Gasteiger partial charge in [0.2, 0.25) is 0 Å². The van der Waals surface area contributed by atoms with Crippen molar-refractivity contribution >= 4 is 5.91 Å². The van der Waals surface area contributed by atoms with Crippen LogP contribution < -0.4 is 24.0 Å². The highest BCUT2D eigenvalue weighted by molar-refractivity contribution is 5.77. The van der Waals surface area contributed by atoms with Crippen LogP contribution in [0.5, 0.6) is 0 Å². The Hall–Kier alpha value is 0.0500. The van der Waals surface area contributed by atoms with Gasteiger partial charge in [-0.15, -0.1) is 0 Å². The Morgan fingerprint density at radius 2 is 1.78 bits per heavy atom. The zero-order chi connectivity index (χ0) is 13.6. The molecule has 0 heterocycles. The summed E-state index contributed by atoms with van der Waals surface area (Å²) >= 11 is 0. The summed E-state index contributed by atoms with van der Waals surface area (Å²) in [4.78, 5) is 13.5. The molecule has 1 unspecified atom stereocenters. The van der Waals surface area contributed by atoms with Crippen molar-refractivity contribution in [3.8, 4) is 0 Å². The molecular weight excluding hydrogens is 348 g/mol. The second kappa shape index (κ2) is 9.03. The van der Waals surface area contributed by atoms with E-state index in [9.17, 15) is 9.28 Å². The number of hydrogen-bond acceptors (Lipinski definition) is 2. The Bertz CT molecular complexity index is 244. The van der Waals surface area contributed by atoms with Crippen molar-refractivity contribution in [1.82, 2.24) is 10.0 Å². The van der Waals surface area contributed by atoms with E-state index in [1.54, 1.807) is 6.92 Å². The van der Waals surface area contributed by atoms with Crippen LogP contribution in [0.1, 0.15) is 13.3 Å². The molecule has 0 saturated heterocycles. The van der Waals surface area contributed by atoms with Gasteiger partial charge >= 0.3 is 0 Å². The zero-order valence-corrected chi connectivity index (χ0v) is 14.6. The van der Waals surface area contributed by atoms with Gasteiger partial charge in [-0.2, -0.15) is 5.12 Å². The molecule has 1 amide bonds. The molecule has 4 nitrogen and oxygen atoms in total. The molecule has 0 aromatic rings. The molecule has 0 rings (SSSR count). The second-order valence-electron chi connectivity index (χ2n) is 5.95. The van der Waals surface area contributed by atoms with E-state index < -0.39 is 5.91 Å².